The first kappa shape index (κ1) is 15.4. The standard InChI is InChI=1S/C16H22Cl2N2O/c17-12-4-5-16(14(18)8-12)21-7-6-20-9-11-2-1-3-15(19)13(11)10-20/h4-5,8,11,13,15H,1-3,6-7,9-10,19H2. The second kappa shape index (κ2) is 6.74. The fraction of sp³-hybridized carbons (Fsp3) is 0.625. The molecule has 0 bridgehead atoms. The summed E-state index contributed by atoms with van der Waals surface area (Å²) in [5.74, 6) is 2.17. The third-order valence-corrected chi connectivity index (χ3v) is 5.32. The lowest BCUT2D eigenvalue weighted by Crippen LogP contribution is -2.38. The van der Waals surface area contributed by atoms with Crippen LogP contribution in [0.5, 0.6) is 5.75 Å². The van der Waals surface area contributed by atoms with E-state index in [0.29, 0.717) is 34.4 Å². The van der Waals surface area contributed by atoms with Crippen LogP contribution in [0.15, 0.2) is 18.2 Å². The van der Waals surface area contributed by atoms with Gasteiger partial charge in [-0.3, -0.25) is 4.90 Å². The smallest absolute Gasteiger partial charge is 0.138 e. The van der Waals surface area contributed by atoms with Crippen LogP contribution in [0.3, 0.4) is 0 Å². The number of hydrogen-bond acceptors (Lipinski definition) is 3. The Kier molecular flexibility index (Phi) is 4.95. The van der Waals surface area contributed by atoms with Crippen molar-refractivity contribution in [2.45, 2.75) is 25.3 Å². The van der Waals surface area contributed by atoms with Crippen molar-refractivity contribution in [3.05, 3.63) is 28.2 Å². The molecule has 2 fully saturated rings. The summed E-state index contributed by atoms with van der Waals surface area (Å²) in [6.07, 6.45) is 3.80. The van der Waals surface area contributed by atoms with Crippen LogP contribution in [-0.2, 0) is 0 Å². The Morgan fingerprint density at radius 1 is 1.24 bits per heavy atom. The van der Waals surface area contributed by atoms with Crippen LogP contribution in [-0.4, -0.2) is 37.2 Å². The van der Waals surface area contributed by atoms with E-state index in [4.69, 9.17) is 33.7 Å². The van der Waals surface area contributed by atoms with Crippen molar-refractivity contribution in [1.29, 1.82) is 0 Å². The molecule has 0 amide bonds. The Balaban J connectivity index is 1.48. The molecule has 1 aliphatic heterocycles. The second-order valence-electron chi connectivity index (χ2n) is 6.20. The maximum atomic E-state index is 6.25. The number of likely N-dealkylation sites (tertiary alicyclic amines) is 1. The Morgan fingerprint density at radius 3 is 2.86 bits per heavy atom. The maximum absolute atomic E-state index is 6.25. The fourth-order valence-corrected chi connectivity index (χ4v) is 4.13. The number of benzene rings is 1. The van der Waals surface area contributed by atoms with Gasteiger partial charge < -0.3 is 10.5 Å². The summed E-state index contributed by atoms with van der Waals surface area (Å²) >= 11 is 12.0. The Labute approximate surface area is 136 Å². The van der Waals surface area contributed by atoms with E-state index in [-0.39, 0.29) is 0 Å². The van der Waals surface area contributed by atoms with E-state index in [0.717, 1.165) is 25.6 Å². The highest BCUT2D eigenvalue weighted by Crippen LogP contribution is 2.35. The summed E-state index contributed by atoms with van der Waals surface area (Å²) in [5.41, 5.74) is 6.25. The normalized spacial score (nSPS) is 29.4. The van der Waals surface area contributed by atoms with Gasteiger partial charge in [-0.2, -0.15) is 0 Å². The molecule has 1 saturated carbocycles. The lowest BCUT2D eigenvalue weighted by Gasteiger charge is -2.29. The number of nitrogens with two attached hydrogens (primary N) is 1. The topological polar surface area (TPSA) is 38.5 Å². The molecular weight excluding hydrogens is 307 g/mol. The highest BCUT2D eigenvalue weighted by molar-refractivity contribution is 6.35. The molecule has 1 saturated heterocycles. The van der Waals surface area contributed by atoms with Gasteiger partial charge in [0.1, 0.15) is 12.4 Å². The molecule has 1 aromatic rings. The first-order chi connectivity index (χ1) is 10.1. The summed E-state index contributed by atoms with van der Waals surface area (Å²) in [6, 6.07) is 5.72. The SMILES string of the molecule is NC1CCCC2CN(CCOc3ccc(Cl)cc3Cl)CC12. The van der Waals surface area contributed by atoms with Crippen LogP contribution in [0.4, 0.5) is 0 Å². The fourth-order valence-electron chi connectivity index (χ4n) is 3.67. The van der Waals surface area contributed by atoms with Gasteiger partial charge >= 0.3 is 0 Å². The molecule has 1 aliphatic carbocycles. The Bertz CT molecular complexity index is 497. The summed E-state index contributed by atoms with van der Waals surface area (Å²) in [6.45, 7) is 3.86. The van der Waals surface area contributed by atoms with Gasteiger partial charge in [-0.15, -0.1) is 0 Å². The van der Waals surface area contributed by atoms with Gasteiger partial charge in [0.05, 0.1) is 5.02 Å². The molecule has 2 aliphatic rings. The maximum Gasteiger partial charge on any atom is 0.138 e. The van der Waals surface area contributed by atoms with Crippen LogP contribution in [0, 0.1) is 11.8 Å². The van der Waals surface area contributed by atoms with Crippen molar-refractivity contribution < 1.29 is 4.74 Å². The predicted molar refractivity (Wildman–Crippen MR) is 87.2 cm³/mol. The third kappa shape index (κ3) is 3.65. The molecule has 116 valence electrons. The zero-order chi connectivity index (χ0) is 14.8. The van der Waals surface area contributed by atoms with Crippen LogP contribution in [0.2, 0.25) is 10.0 Å². The van der Waals surface area contributed by atoms with Crippen LogP contribution in [0.25, 0.3) is 0 Å². The molecule has 3 nitrogen and oxygen atoms in total. The number of halogens is 2. The predicted octanol–water partition coefficient (Wildman–Crippen LogP) is 3.43. The first-order valence-electron chi connectivity index (χ1n) is 7.69. The van der Waals surface area contributed by atoms with E-state index in [1.807, 2.05) is 6.07 Å². The summed E-state index contributed by atoms with van der Waals surface area (Å²) in [7, 11) is 0. The number of fused-ring (bicyclic) bond motifs is 1. The molecule has 1 heterocycles. The zero-order valence-electron chi connectivity index (χ0n) is 12.1. The largest absolute Gasteiger partial charge is 0.491 e. The molecule has 21 heavy (non-hydrogen) atoms. The van der Waals surface area contributed by atoms with E-state index in [1.165, 1.54) is 19.3 Å². The summed E-state index contributed by atoms with van der Waals surface area (Å²) < 4.78 is 5.77. The Hall–Kier alpha value is -0.480. The van der Waals surface area contributed by atoms with E-state index in [9.17, 15) is 0 Å². The number of hydrogen-bond donors (Lipinski definition) is 1. The van der Waals surface area contributed by atoms with E-state index >= 15 is 0 Å². The van der Waals surface area contributed by atoms with Gasteiger partial charge in [0.15, 0.2) is 0 Å². The number of rotatable bonds is 4. The highest BCUT2D eigenvalue weighted by atomic mass is 35.5. The molecule has 3 unspecified atom stereocenters. The van der Waals surface area contributed by atoms with E-state index in [2.05, 4.69) is 4.90 Å². The molecule has 2 N–H and O–H groups in total. The first-order valence-corrected chi connectivity index (χ1v) is 8.45. The molecule has 1 aromatic carbocycles. The van der Waals surface area contributed by atoms with Crippen LogP contribution < -0.4 is 10.5 Å². The minimum absolute atomic E-state index is 0.389. The minimum Gasteiger partial charge on any atom is -0.491 e. The molecule has 3 rings (SSSR count). The molecule has 5 heteroatoms. The second-order valence-corrected chi connectivity index (χ2v) is 7.05. The average Bonchev–Trinajstić information content (AvgIpc) is 2.86. The number of ether oxygens (including phenoxy) is 1. The van der Waals surface area contributed by atoms with Crippen molar-refractivity contribution in [1.82, 2.24) is 4.90 Å². The zero-order valence-corrected chi connectivity index (χ0v) is 13.6. The highest BCUT2D eigenvalue weighted by Gasteiger charge is 2.38. The average molecular weight is 329 g/mol. The van der Waals surface area contributed by atoms with Gasteiger partial charge in [-0.25, -0.2) is 0 Å². The molecule has 0 spiro atoms. The Morgan fingerprint density at radius 2 is 2.10 bits per heavy atom. The van der Waals surface area contributed by atoms with Crippen LogP contribution >= 0.6 is 23.2 Å². The monoisotopic (exact) mass is 328 g/mol. The van der Waals surface area contributed by atoms with E-state index in [1.54, 1.807) is 12.1 Å². The number of nitrogens with zero attached hydrogens (tertiary/aromatic N) is 1. The van der Waals surface area contributed by atoms with Crippen molar-refractivity contribution in [3.63, 3.8) is 0 Å². The van der Waals surface area contributed by atoms with E-state index < -0.39 is 0 Å². The van der Waals surface area contributed by atoms with Gasteiger partial charge in [-0.05, 0) is 42.9 Å². The molecule has 3 atom stereocenters. The van der Waals surface area contributed by atoms with Crippen molar-refractivity contribution in [2.75, 3.05) is 26.2 Å². The summed E-state index contributed by atoms with van der Waals surface area (Å²) in [4.78, 5) is 2.48. The van der Waals surface area contributed by atoms with Gasteiger partial charge in [0.25, 0.3) is 0 Å². The summed E-state index contributed by atoms with van der Waals surface area (Å²) in [5, 5.41) is 1.20. The van der Waals surface area contributed by atoms with Gasteiger partial charge in [-0.1, -0.05) is 29.6 Å². The lowest BCUT2D eigenvalue weighted by atomic mass is 9.78. The minimum atomic E-state index is 0.389. The van der Waals surface area contributed by atoms with Crippen molar-refractivity contribution >= 4 is 23.2 Å². The van der Waals surface area contributed by atoms with Crippen molar-refractivity contribution in [3.8, 4) is 5.75 Å². The van der Waals surface area contributed by atoms with Crippen LogP contribution in [0.1, 0.15) is 19.3 Å². The quantitative estimate of drug-likeness (QED) is 0.920. The molecular formula is C16H22Cl2N2O. The molecule has 0 aromatic heterocycles. The lowest BCUT2D eigenvalue weighted by molar-refractivity contribution is 0.229. The van der Waals surface area contributed by atoms with Gasteiger partial charge in [0, 0.05) is 30.7 Å². The van der Waals surface area contributed by atoms with Crippen molar-refractivity contribution in [2.24, 2.45) is 17.6 Å². The third-order valence-electron chi connectivity index (χ3n) is 4.79. The molecule has 0 radical (unpaired) electrons. The van der Waals surface area contributed by atoms with Gasteiger partial charge in [0.2, 0.25) is 0 Å².